The molecular weight excluding hydrogens is 372 g/mol. The molecule has 0 saturated heterocycles. The molecule has 5 rings (SSSR count). The van der Waals surface area contributed by atoms with E-state index in [0.29, 0.717) is 34.8 Å². The third-order valence-electron chi connectivity index (χ3n) is 4.60. The Morgan fingerprint density at radius 1 is 1.31 bits per heavy atom. The molecule has 4 aromatic heterocycles. The standard InChI is InChI=1S/C19H18N8O2/c28-18-14(24-19(29)26-18)7-12-10-22-27-16(23-13-1-2-13)8-15(25-17(12)27)21-9-11-3-5-20-6-4-11/h3-8,10,13,21,28H,1-2,9H2,(H2,24,26,29). The Labute approximate surface area is 163 Å². The topological polar surface area (TPSA) is 136 Å². The molecule has 0 aliphatic heterocycles. The van der Waals surface area contributed by atoms with Crippen LogP contribution < -0.4 is 21.7 Å². The van der Waals surface area contributed by atoms with E-state index in [1.807, 2.05) is 18.2 Å². The van der Waals surface area contributed by atoms with Gasteiger partial charge in [-0.25, -0.2) is 9.78 Å². The minimum absolute atomic E-state index is 0.232. The van der Waals surface area contributed by atoms with Gasteiger partial charge >= 0.3 is 5.69 Å². The summed E-state index contributed by atoms with van der Waals surface area (Å²) in [6.07, 6.45) is 8.89. The fraction of sp³-hybridized carbons (Fsp3) is 0.211. The second-order valence-corrected chi connectivity index (χ2v) is 6.89. The van der Waals surface area contributed by atoms with Gasteiger partial charge < -0.3 is 15.4 Å². The molecule has 4 N–H and O–H groups in total. The van der Waals surface area contributed by atoms with Crippen molar-refractivity contribution in [2.75, 3.05) is 5.32 Å². The van der Waals surface area contributed by atoms with Crippen LogP contribution in [0.25, 0.3) is 11.7 Å². The van der Waals surface area contributed by atoms with Crippen molar-refractivity contribution in [3.63, 3.8) is 0 Å². The van der Waals surface area contributed by atoms with Crippen molar-refractivity contribution in [2.24, 2.45) is 4.99 Å². The average Bonchev–Trinajstić information content (AvgIpc) is 3.36. The minimum Gasteiger partial charge on any atom is -0.493 e. The van der Waals surface area contributed by atoms with E-state index < -0.39 is 5.69 Å². The maximum absolute atomic E-state index is 11.4. The highest BCUT2D eigenvalue weighted by molar-refractivity contribution is 5.57. The molecule has 0 bridgehead atoms. The number of nitrogens with one attached hydrogen (secondary N) is 3. The summed E-state index contributed by atoms with van der Waals surface area (Å²) in [5.41, 5.74) is 2.15. The Bertz CT molecular complexity index is 1350. The molecule has 10 heteroatoms. The maximum Gasteiger partial charge on any atom is 0.326 e. The lowest BCUT2D eigenvalue weighted by Gasteiger charge is -2.06. The van der Waals surface area contributed by atoms with Crippen LogP contribution in [0, 0.1) is 0 Å². The molecule has 0 amide bonds. The molecule has 0 spiro atoms. The number of hydrogen-bond acceptors (Lipinski definition) is 7. The van der Waals surface area contributed by atoms with Gasteiger partial charge in [-0.3, -0.25) is 15.0 Å². The molecule has 4 aromatic rings. The number of rotatable bonds is 5. The van der Waals surface area contributed by atoms with E-state index in [1.165, 1.54) is 0 Å². The van der Waals surface area contributed by atoms with Crippen LogP contribution in [0.15, 0.2) is 46.6 Å². The number of H-pyrrole nitrogens is 2. The van der Waals surface area contributed by atoms with Gasteiger partial charge in [0.25, 0.3) is 0 Å². The van der Waals surface area contributed by atoms with Crippen molar-refractivity contribution >= 4 is 17.5 Å². The Morgan fingerprint density at radius 2 is 2.14 bits per heavy atom. The van der Waals surface area contributed by atoms with E-state index in [0.717, 1.165) is 18.4 Å². The summed E-state index contributed by atoms with van der Waals surface area (Å²) < 4.78 is 1.67. The van der Waals surface area contributed by atoms with Gasteiger partial charge in [0.15, 0.2) is 11.1 Å². The number of aromatic nitrogens is 6. The number of pyridine rings is 1. The first kappa shape index (κ1) is 17.2. The summed E-state index contributed by atoms with van der Waals surface area (Å²) in [5, 5.41) is 18.2. The van der Waals surface area contributed by atoms with Crippen molar-refractivity contribution in [1.82, 2.24) is 29.5 Å². The van der Waals surface area contributed by atoms with Crippen molar-refractivity contribution in [1.29, 1.82) is 0 Å². The van der Waals surface area contributed by atoms with Crippen molar-refractivity contribution in [3.8, 4) is 5.88 Å². The van der Waals surface area contributed by atoms with Crippen LogP contribution in [-0.4, -0.2) is 40.7 Å². The van der Waals surface area contributed by atoms with Gasteiger partial charge in [-0.15, -0.1) is 0 Å². The molecule has 0 unspecified atom stereocenters. The highest BCUT2D eigenvalue weighted by Gasteiger charge is 2.20. The van der Waals surface area contributed by atoms with Gasteiger partial charge in [0.2, 0.25) is 5.88 Å². The number of nitrogens with zero attached hydrogens (tertiary/aromatic N) is 5. The molecule has 4 heterocycles. The number of imidazole rings is 1. The van der Waals surface area contributed by atoms with Crippen molar-refractivity contribution in [3.05, 3.63) is 69.2 Å². The molecule has 1 aliphatic rings. The van der Waals surface area contributed by atoms with Gasteiger partial charge in [-0.1, -0.05) is 0 Å². The number of aromatic hydroxyl groups is 1. The molecule has 0 radical (unpaired) electrons. The van der Waals surface area contributed by atoms with Crippen LogP contribution in [0.2, 0.25) is 0 Å². The quantitative estimate of drug-likeness (QED) is 0.381. The van der Waals surface area contributed by atoms with Gasteiger partial charge in [0, 0.05) is 30.2 Å². The predicted octanol–water partition coefficient (Wildman–Crippen LogP) is 0.0692. The summed E-state index contributed by atoms with van der Waals surface area (Å²) in [5.74, 6) is 0.430. The van der Waals surface area contributed by atoms with Crippen LogP contribution in [0.1, 0.15) is 24.1 Å². The van der Waals surface area contributed by atoms with Crippen LogP contribution in [0.4, 0.5) is 5.82 Å². The monoisotopic (exact) mass is 390 g/mol. The van der Waals surface area contributed by atoms with E-state index in [-0.39, 0.29) is 11.6 Å². The molecule has 29 heavy (non-hydrogen) atoms. The highest BCUT2D eigenvalue weighted by Crippen LogP contribution is 2.22. The van der Waals surface area contributed by atoms with E-state index in [9.17, 15) is 9.90 Å². The SMILES string of the molecule is O=c1[nH]c(O)c(C=c2cnn3c(=NC4CC4)cc(NCc4ccncc4)nc23)[nH]1. The second kappa shape index (κ2) is 6.89. The van der Waals surface area contributed by atoms with Gasteiger partial charge in [0.05, 0.1) is 12.2 Å². The number of hydrogen-bond donors (Lipinski definition) is 4. The van der Waals surface area contributed by atoms with E-state index in [1.54, 1.807) is 29.2 Å². The average molecular weight is 390 g/mol. The van der Waals surface area contributed by atoms with Crippen molar-refractivity contribution < 1.29 is 5.11 Å². The molecule has 1 fully saturated rings. The van der Waals surface area contributed by atoms with Gasteiger partial charge in [0.1, 0.15) is 11.5 Å². The van der Waals surface area contributed by atoms with Gasteiger partial charge in [-0.05, 0) is 36.6 Å². The summed E-state index contributed by atoms with van der Waals surface area (Å²) in [6, 6.07) is 6.06. The largest absolute Gasteiger partial charge is 0.493 e. The number of aromatic amines is 2. The third-order valence-corrected chi connectivity index (χ3v) is 4.60. The van der Waals surface area contributed by atoms with Crippen LogP contribution >= 0.6 is 0 Å². The van der Waals surface area contributed by atoms with E-state index in [2.05, 4.69) is 30.4 Å². The molecule has 1 aliphatic carbocycles. The fourth-order valence-electron chi connectivity index (χ4n) is 2.98. The Balaban J connectivity index is 1.61. The lowest BCUT2D eigenvalue weighted by molar-refractivity contribution is 0.454. The first-order chi connectivity index (χ1) is 14.2. The number of fused-ring (bicyclic) bond motifs is 1. The second-order valence-electron chi connectivity index (χ2n) is 6.89. The van der Waals surface area contributed by atoms with Crippen molar-refractivity contribution in [2.45, 2.75) is 25.4 Å². The summed E-state index contributed by atoms with van der Waals surface area (Å²) in [7, 11) is 0. The molecule has 146 valence electrons. The summed E-state index contributed by atoms with van der Waals surface area (Å²) in [4.78, 5) is 29.7. The smallest absolute Gasteiger partial charge is 0.326 e. The molecule has 1 saturated carbocycles. The lowest BCUT2D eigenvalue weighted by atomic mass is 10.3. The van der Waals surface area contributed by atoms with Crippen LogP contribution in [-0.2, 0) is 6.54 Å². The zero-order valence-electron chi connectivity index (χ0n) is 15.3. The zero-order valence-corrected chi connectivity index (χ0v) is 15.3. The number of anilines is 1. The zero-order chi connectivity index (χ0) is 19.8. The predicted molar refractivity (Wildman–Crippen MR) is 105 cm³/mol. The highest BCUT2D eigenvalue weighted by atomic mass is 16.3. The summed E-state index contributed by atoms with van der Waals surface area (Å²) in [6.45, 7) is 0.591. The van der Waals surface area contributed by atoms with E-state index in [4.69, 9.17) is 4.99 Å². The summed E-state index contributed by atoms with van der Waals surface area (Å²) >= 11 is 0. The Hall–Kier alpha value is -3.95. The first-order valence-electron chi connectivity index (χ1n) is 9.24. The normalized spacial score (nSPS) is 15.3. The minimum atomic E-state index is -0.484. The molecule has 0 atom stereocenters. The fourth-order valence-corrected chi connectivity index (χ4v) is 2.98. The van der Waals surface area contributed by atoms with Crippen LogP contribution in [0.5, 0.6) is 5.88 Å². The lowest BCUT2D eigenvalue weighted by Crippen LogP contribution is -2.20. The Morgan fingerprint density at radius 3 is 2.86 bits per heavy atom. The third kappa shape index (κ3) is 3.59. The van der Waals surface area contributed by atoms with Gasteiger partial charge in [-0.2, -0.15) is 9.61 Å². The van der Waals surface area contributed by atoms with E-state index >= 15 is 0 Å². The van der Waals surface area contributed by atoms with Crippen LogP contribution in [0.3, 0.4) is 0 Å². The first-order valence-corrected chi connectivity index (χ1v) is 9.24. The maximum atomic E-state index is 11.4. The molecular formula is C19H18N8O2. The molecule has 10 nitrogen and oxygen atoms in total. The molecule has 0 aromatic carbocycles. The Kier molecular flexibility index (Phi) is 4.08.